The van der Waals surface area contributed by atoms with Crippen molar-refractivity contribution >= 4 is 0 Å². The van der Waals surface area contributed by atoms with Crippen molar-refractivity contribution in [3.8, 4) is 6.07 Å². The van der Waals surface area contributed by atoms with E-state index in [0.717, 1.165) is 25.7 Å². The number of ether oxygens (including phenoxy) is 1. The van der Waals surface area contributed by atoms with Crippen LogP contribution in [0.25, 0.3) is 0 Å². The normalized spacial score (nSPS) is 48.1. The van der Waals surface area contributed by atoms with Crippen LogP contribution in [0.3, 0.4) is 0 Å². The molecule has 0 radical (unpaired) electrons. The molecule has 90 valence electrons. The topological polar surface area (TPSA) is 53.2 Å². The molecule has 4 unspecified atom stereocenters. The first kappa shape index (κ1) is 11.9. The van der Waals surface area contributed by atoms with Crippen molar-refractivity contribution in [1.82, 2.24) is 0 Å². The molecule has 0 amide bonds. The molecule has 1 aliphatic heterocycles. The largest absolute Gasteiger partial charge is 0.385 e. The van der Waals surface area contributed by atoms with E-state index in [1.54, 1.807) is 0 Å². The fourth-order valence-electron chi connectivity index (χ4n) is 3.45. The summed E-state index contributed by atoms with van der Waals surface area (Å²) < 4.78 is 5.48. The minimum Gasteiger partial charge on any atom is -0.385 e. The van der Waals surface area contributed by atoms with Gasteiger partial charge in [0.05, 0.1) is 17.6 Å². The summed E-state index contributed by atoms with van der Waals surface area (Å²) in [6.45, 7) is 4.64. The van der Waals surface area contributed by atoms with Crippen molar-refractivity contribution in [1.29, 1.82) is 5.26 Å². The van der Waals surface area contributed by atoms with Crippen LogP contribution in [0, 0.1) is 22.7 Å². The van der Waals surface area contributed by atoms with E-state index in [-0.39, 0.29) is 6.10 Å². The predicted octanol–water partition coefficient (Wildman–Crippen LogP) is 2.25. The molecule has 0 spiro atoms. The summed E-state index contributed by atoms with van der Waals surface area (Å²) in [4.78, 5) is 0. The third-order valence-corrected chi connectivity index (χ3v) is 4.76. The number of hydrogen-bond donors (Lipinski definition) is 1. The van der Waals surface area contributed by atoms with E-state index in [4.69, 9.17) is 4.74 Å². The lowest BCUT2D eigenvalue weighted by Crippen LogP contribution is -2.51. The van der Waals surface area contributed by atoms with E-state index >= 15 is 0 Å². The summed E-state index contributed by atoms with van der Waals surface area (Å²) in [7, 11) is 0. The van der Waals surface area contributed by atoms with Crippen LogP contribution in [0.5, 0.6) is 0 Å². The van der Waals surface area contributed by atoms with Crippen LogP contribution >= 0.6 is 0 Å². The summed E-state index contributed by atoms with van der Waals surface area (Å²) in [5.74, 6) is 0.594. The second kappa shape index (κ2) is 4.01. The molecule has 1 aliphatic carbocycles. The third-order valence-electron chi connectivity index (χ3n) is 4.76. The zero-order chi connectivity index (χ0) is 11.8. The lowest BCUT2D eigenvalue weighted by atomic mass is 9.67. The maximum Gasteiger partial charge on any atom is 0.111 e. The molecule has 16 heavy (non-hydrogen) atoms. The van der Waals surface area contributed by atoms with Crippen LogP contribution in [0.1, 0.15) is 46.0 Å². The van der Waals surface area contributed by atoms with Gasteiger partial charge in [0.25, 0.3) is 0 Å². The maximum absolute atomic E-state index is 10.8. The molecule has 3 nitrogen and oxygen atoms in total. The van der Waals surface area contributed by atoms with E-state index in [9.17, 15) is 10.4 Å². The Morgan fingerprint density at radius 1 is 1.50 bits per heavy atom. The molecule has 0 aromatic heterocycles. The predicted molar refractivity (Wildman–Crippen MR) is 60.7 cm³/mol. The molecule has 1 saturated carbocycles. The molecule has 0 aromatic carbocycles. The van der Waals surface area contributed by atoms with Crippen molar-refractivity contribution in [3.63, 3.8) is 0 Å². The molecule has 1 saturated heterocycles. The Kier molecular flexibility index (Phi) is 2.98. The SMILES string of the molecule is CCC1CCC(C#N)(C2(O)CCOC2C)C1. The average molecular weight is 223 g/mol. The highest BCUT2D eigenvalue weighted by Gasteiger charge is 2.59. The molecule has 0 bridgehead atoms. The quantitative estimate of drug-likeness (QED) is 0.781. The number of nitriles is 1. The molecule has 1 heterocycles. The summed E-state index contributed by atoms with van der Waals surface area (Å²) in [6.07, 6.45) is 4.24. The Labute approximate surface area is 97.4 Å². The number of aliphatic hydroxyl groups is 1. The first-order valence-electron chi connectivity index (χ1n) is 6.33. The van der Waals surface area contributed by atoms with Gasteiger partial charge in [0.15, 0.2) is 0 Å². The average Bonchev–Trinajstić information content (AvgIpc) is 2.86. The van der Waals surface area contributed by atoms with E-state index < -0.39 is 11.0 Å². The Balaban J connectivity index is 2.26. The zero-order valence-corrected chi connectivity index (χ0v) is 10.2. The van der Waals surface area contributed by atoms with Crippen LogP contribution < -0.4 is 0 Å². The van der Waals surface area contributed by atoms with E-state index in [2.05, 4.69) is 13.0 Å². The van der Waals surface area contributed by atoms with Gasteiger partial charge in [-0.2, -0.15) is 5.26 Å². The summed E-state index contributed by atoms with van der Waals surface area (Å²) in [5.41, 5.74) is -1.49. The molecule has 0 aromatic rings. The Morgan fingerprint density at radius 3 is 2.69 bits per heavy atom. The van der Waals surface area contributed by atoms with Gasteiger partial charge >= 0.3 is 0 Å². The number of nitrogens with zero attached hydrogens (tertiary/aromatic N) is 1. The first-order valence-corrected chi connectivity index (χ1v) is 6.33. The molecule has 4 atom stereocenters. The van der Waals surface area contributed by atoms with Crippen molar-refractivity contribution in [2.45, 2.75) is 57.7 Å². The Hall–Kier alpha value is -0.590. The second-order valence-electron chi connectivity index (χ2n) is 5.40. The van der Waals surface area contributed by atoms with Gasteiger partial charge in [0, 0.05) is 13.0 Å². The Morgan fingerprint density at radius 2 is 2.25 bits per heavy atom. The Bertz CT molecular complexity index is 312. The monoisotopic (exact) mass is 223 g/mol. The van der Waals surface area contributed by atoms with E-state index in [0.29, 0.717) is 18.9 Å². The molecular formula is C13H21NO2. The third kappa shape index (κ3) is 1.48. The second-order valence-corrected chi connectivity index (χ2v) is 5.40. The molecule has 2 rings (SSSR count). The fraction of sp³-hybridized carbons (Fsp3) is 0.923. The zero-order valence-electron chi connectivity index (χ0n) is 10.2. The van der Waals surface area contributed by atoms with Crippen LogP contribution in [-0.2, 0) is 4.74 Å². The standard InChI is InChI=1S/C13H21NO2/c1-3-11-4-5-12(8-11,9-14)13(15)6-7-16-10(13)2/h10-11,15H,3-8H2,1-2H3. The highest BCUT2D eigenvalue weighted by molar-refractivity contribution is 5.18. The first-order chi connectivity index (χ1) is 7.58. The molecule has 2 aliphatic rings. The fourth-order valence-corrected chi connectivity index (χ4v) is 3.45. The van der Waals surface area contributed by atoms with E-state index in [1.807, 2.05) is 6.92 Å². The van der Waals surface area contributed by atoms with Gasteiger partial charge in [-0.1, -0.05) is 13.3 Å². The minimum absolute atomic E-state index is 0.206. The number of rotatable bonds is 2. The van der Waals surface area contributed by atoms with Gasteiger partial charge in [-0.15, -0.1) is 0 Å². The van der Waals surface area contributed by atoms with Gasteiger partial charge < -0.3 is 9.84 Å². The lowest BCUT2D eigenvalue weighted by Gasteiger charge is -2.39. The maximum atomic E-state index is 10.8. The molecular weight excluding hydrogens is 202 g/mol. The molecule has 1 N–H and O–H groups in total. The van der Waals surface area contributed by atoms with Crippen LogP contribution in [0.15, 0.2) is 0 Å². The van der Waals surface area contributed by atoms with Crippen molar-refractivity contribution in [2.24, 2.45) is 11.3 Å². The van der Waals surface area contributed by atoms with Crippen molar-refractivity contribution in [2.75, 3.05) is 6.61 Å². The van der Waals surface area contributed by atoms with Gasteiger partial charge in [-0.05, 0) is 32.1 Å². The minimum atomic E-state index is -0.925. The highest BCUT2D eigenvalue weighted by Crippen LogP contribution is 2.54. The highest BCUT2D eigenvalue weighted by atomic mass is 16.5. The van der Waals surface area contributed by atoms with Crippen LogP contribution in [0.2, 0.25) is 0 Å². The summed E-state index contributed by atoms with van der Waals surface area (Å²) in [5, 5.41) is 20.3. The van der Waals surface area contributed by atoms with Gasteiger partial charge in [-0.25, -0.2) is 0 Å². The summed E-state index contributed by atoms with van der Waals surface area (Å²) in [6, 6.07) is 2.42. The van der Waals surface area contributed by atoms with Crippen LogP contribution in [-0.4, -0.2) is 23.4 Å². The van der Waals surface area contributed by atoms with Gasteiger partial charge in [-0.3, -0.25) is 0 Å². The number of hydrogen-bond acceptors (Lipinski definition) is 3. The van der Waals surface area contributed by atoms with Crippen LogP contribution in [0.4, 0.5) is 0 Å². The molecule has 2 fully saturated rings. The smallest absolute Gasteiger partial charge is 0.111 e. The van der Waals surface area contributed by atoms with Gasteiger partial charge in [0.1, 0.15) is 5.60 Å². The molecule has 3 heteroatoms. The summed E-state index contributed by atoms with van der Waals surface area (Å²) >= 11 is 0. The van der Waals surface area contributed by atoms with E-state index in [1.165, 1.54) is 0 Å². The van der Waals surface area contributed by atoms with Gasteiger partial charge in [0.2, 0.25) is 0 Å². The van der Waals surface area contributed by atoms with Crippen molar-refractivity contribution in [3.05, 3.63) is 0 Å². The van der Waals surface area contributed by atoms with Crippen molar-refractivity contribution < 1.29 is 9.84 Å². The lowest BCUT2D eigenvalue weighted by molar-refractivity contribution is -0.0967.